The standard InChI is InChI=1S/C25H27N5O2S.C2H2O4/c31-24(28-25-26-12-15-33-25)17-29-13-10-19(11-14-29)16-30-22-9-5-4-8-21(22)27-23(30)18-32-20-6-2-1-3-7-20;3-1(4)2(5)6/h1-9,12,15,19H,10-11,13-14,16-18H2,(H,26,28,31);(H,3,4)(H,5,6). The molecule has 12 heteroatoms. The van der Waals surface area contributed by atoms with Gasteiger partial charge in [-0.2, -0.15) is 0 Å². The van der Waals surface area contributed by atoms with Crippen molar-refractivity contribution in [2.24, 2.45) is 5.92 Å². The highest BCUT2D eigenvalue weighted by Crippen LogP contribution is 2.24. The van der Waals surface area contributed by atoms with Crippen LogP contribution < -0.4 is 10.1 Å². The van der Waals surface area contributed by atoms with Crippen LogP contribution in [0.4, 0.5) is 5.13 Å². The number of piperidine rings is 1. The summed E-state index contributed by atoms with van der Waals surface area (Å²) in [4.78, 5) is 41.7. The number of ether oxygens (including phenoxy) is 1. The van der Waals surface area contributed by atoms with Crippen molar-refractivity contribution in [2.75, 3.05) is 25.0 Å². The quantitative estimate of drug-likeness (QED) is 0.280. The zero-order chi connectivity index (χ0) is 27.6. The number of imidazole rings is 1. The van der Waals surface area contributed by atoms with E-state index in [4.69, 9.17) is 29.5 Å². The van der Waals surface area contributed by atoms with Gasteiger partial charge in [0.05, 0.1) is 17.6 Å². The van der Waals surface area contributed by atoms with Gasteiger partial charge >= 0.3 is 11.9 Å². The lowest BCUT2D eigenvalue weighted by atomic mass is 9.96. The molecule has 3 N–H and O–H groups in total. The molecule has 0 aliphatic carbocycles. The summed E-state index contributed by atoms with van der Waals surface area (Å²) in [5.74, 6) is -1.31. The fourth-order valence-electron chi connectivity index (χ4n) is 4.34. The molecule has 1 aliphatic rings. The van der Waals surface area contributed by atoms with Crippen LogP contribution in [0.2, 0.25) is 0 Å². The third-order valence-corrected chi connectivity index (χ3v) is 6.91. The summed E-state index contributed by atoms with van der Waals surface area (Å²) in [7, 11) is 0. The number of para-hydroxylation sites is 3. The van der Waals surface area contributed by atoms with Gasteiger partial charge in [-0.3, -0.25) is 9.69 Å². The first-order valence-corrected chi connectivity index (χ1v) is 13.3. The van der Waals surface area contributed by atoms with E-state index >= 15 is 0 Å². The van der Waals surface area contributed by atoms with E-state index in [0.717, 1.165) is 55.1 Å². The van der Waals surface area contributed by atoms with E-state index in [9.17, 15) is 4.79 Å². The minimum atomic E-state index is -1.82. The molecule has 0 bridgehead atoms. The molecule has 1 amide bonds. The van der Waals surface area contributed by atoms with Gasteiger partial charge in [0, 0.05) is 18.1 Å². The zero-order valence-electron chi connectivity index (χ0n) is 21.1. The number of aromatic nitrogens is 3. The number of fused-ring (bicyclic) bond motifs is 1. The van der Waals surface area contributed by atoms with E-state index in [2.05, 4.69) is 38.0 Å². The number of carbonyl (C=O) groups is 3. The van der Waals surface area contributed by atoms with Crippen LogP contribution in [0.5, 0.6) is 5.75 Å². The molecule has 204 valence electrons. The number of benzene rings is 2. The van der Waals surface area contributed by atoms with Gasteiger partial charge in [0.25, 0.3) is 0 Å². The number of carboxylic acids is 2. The summed E-state index contributed by atoms with van der Waals surface area (Å²) < 4.78 is 8.33. The van der Waals surface area contributed by atoms with Crippen LogP contribution >= 0.6 is 11.3 Å². The van der Waals surface area contributed by atoms with Crippen LogP contribution in [0, 0.1) is 5.92 Å². The van der Waals surface area contributed by atoms with E-state index in [1.807, 2.05) is 41.8 Å². The van der Waals surface area contributed by atoms with Crippen molar-refractivity contribution >= 4 is 45.3 Å². The molecule has 4 aromatic rings. The molecular formula is C27H29N5O6S. The molecule has 1 saturated heterocycles. The van der Waals surface area contributed by atoms with Crippen molar-refractivity contribution in [1.82, 2.24) is 19.4 Å². The number of hydrogen-bond donors (Lipinski definition) is 3. The highest BCUT2D eigenvalue weighted by molar-refractivity contribution is 7.13. The number of nitrogens with zero attached hydrogens (tertiary/aromatic N) is 4. The van der Waals surface area contributed by atoms with Gasteiger partial charge in [-0.1, -0.05) is 30.3 Å². The second kappa shape index (κ2) is 13.5. The van der Waals surface area contributed by atoms with Crippen molar-refractivity contribution in [1.29, 1.82) is 0 Å². The van der Waals surface area contributed by atoms with Gasteiger partial charge in [0.2, 0.25) is 5.91 Å². The fraction of sp³-hybridized carbons (Fsp3) is 0.296. The third kappa shape index (κ3) is 8.09. The lowest BCUT2D eigenvalue weighted by Crippen LogP contribution is -2.40. The maximum atomic E-state index is 12.3. The Morgan fingerprint density at radius 2 is 1.69 bits per heavy atom. The van der Waals surface area contributed by atoms with Crippen LogP contribution in [0.25, 0.3) is 11.0 Å². The summed E-state index contributed by atoms with van der Waals surface area (Å²) in [6.45, 7) is 3.59. The van der Waals surface area contributed by atoms with Crippen LogP contribution in [0.15, 0.2) is 66.2 Å². The highest BCUT2D eigenvalue weighted by Gasteiger charge is 2.23. The molecule has 0 saturated carbocycles. The van der Waals surface area contributed by atoms with E-state index in [-0.39, 0.29) is 5.91 Å². The molecule has 39 heavy (non-hydrogen) atoms. The topological polar surface area (TPSA) is 147 Å². The maximum absolute atomic E-state index is 12.3. The van der Waals surface area contributed by atoms with Crippen molar-refractivity contribution in [3.8, 4) is 5.75 Å². The number of hydrogen-bond acceptors (Lipinski definition) is 8. The number of carboxylic acid groups (broad SMARTS) is 2. The predicted octanol–water partition coefficient (Wildman–Crippen LogP) is 3.58. The molecule has 11 nitrogen and oxygen atoms in total. The molecule has 1 aliphatic heterocycles. The Hall–Kier alpha value is -4.29. The van der Waals surface area contributed by atoms with Crippen molar-refractivity contribution in [2.45, 2.75) is 26.0 Å². The Labute approximate surface area is 228 Å². The van der Waals surface area contributed by atoms with Gasteiger partial charge in [-0.15, -0.1) is 11.3 Å². The van der Waals surface area contributed by atoms with Crippen molar-refractivity contribution in [3.05, 3.63) is 72.0 Å². The summed E-state index contributed by atoms with van der Waals surface area (Å²) >= 11 is 1.44. The normalized spacial score (nSPS) is 13.8. The lowest BCUT2D eigenvalue weighted by molar-refractivity contribution is -0.159. The van der Waals surface area contributed by atoms with Crippen LogP contribution in [-0.2, 0) is 27.5 Å². The Morgan fingerprint density at radius 3 is 2.36 bits per heavy atom. The van der Waals surface area contributed by atoms with Crippen LogP contribution in [0.1, 0.15) is 18.7 Å². The maximum Gasteiger partial charge on any atom is 0.414 e. The number of amides is 1. The van der Waals surface area contributed by atoms with Gasteiger partial charge in [-0.25, -0.2) is 19.6 Å². The van der Waals surface area contributed by atoms with E-state index in [1.54, 1.807) is 6.20 Å². The van der Waals surface area contributed by atoms with Gasteiger partial charge < -0.3 is 24.8 Å². The predicted molar refractivity (Wildman–Crippen MR) is 146 cm³/mol. The van der Waals surface area contributed by atoms with Crippen molar-refractivity contribution < 1.29 is 29.3 Å². The van der Waals surface area contributed by atoms with Crippen molar-refractivity contribution in [3.63, 3.8) is 0 Å². The second-order valence-corrected chi connectivity index (χ2v) is 9.84. The average molecular weight is 552 g/mol. The Balaban J connectivity index is 0.000000531. The van der Waals surface area contributed by atoms with Gasteiger partial charge in [-0.05, 0) is 56.1 Å². The molecule has 5 rings (SSSR count). The Morgan fingerprint density at radius 1 is 1.00 bits per heavy atom. The first kappa shape index (κ1) is 27.7. The van der Waals surface area contributed by atoms with Crippen LogP contribution in [0.3, 0.4) is 0 Å². The minimum Gasteiger partial charge on any atom is -0.486 e. The fourth-order valence-corrected chi connectivity index (χ4v) is 4.88. The van der Waals surface area contributed by atoms with E-state index < -0.39 is 11.9 Å². The summed E-state index contributed by atoms with van der Waals surface area (Å²) in [5.41, 5.74) is 2.15. The number of likely N-dealkylation sites (tertiary alicyclic amines) is 1. The summed E-state index contributed by atoms with van der Waals surface area (Å²) in [6, 6.07) is 18.1. The minimum absolute atomic E-state index is 0.00403. The Kier molecular flexibility index (Phi) is 9.59. The highest BCUT2D eigenvalue weighted by atomic mass is 32.1. The number of aliphatic carboxylic acids is 2. The number of thiazole rings is 1. The van der Waals surface area contributed by atoms with Gasteiger partial charge in [0.1, 0.15) is 18.2 Å². The molecule has 0 spiro atoms. The monoisotopic (exact) mass is 551 g/mol. The number of carbonyl (C=O) groups excluding carboxylic acids is 1. The van der Waals surface area contributed by atoms with E-state index in [0.29, 0.717) is 24.2 Å². The molecular weight excluding hydrogens is 522 g/mol. The zero-order valence-corrected chi connectivity index (χ0v) is 21.9. The molecule has 0 unspecified atom stereocenters. The second-order valence-electron chi connectivity index (χ2n) is 8.94. The SMILES string of the molecule is O=C(CN1CCC(Cn2c(COc3ccccc3)nc3ccccc32)CC1)Nc1nccs1.O=C(O)C(=O)O. The Bertz CT molecular complexity index is 1370. The first-order valence-electron chi connectivity index (χ1n) is 12.4. The number of rotatable bonds is 8. The molecule has 0 atom stereocenters. The third-order valence-electron chi connectivity index (χ3n) is 6.22. The largest absolute Gasteiger partial charge is 0.486 e. The van der Waals surface area contributed by atoms with E-state index in [1.165, 1.54) is 11.3 Å². The molecule has 3 heterocycles. The molecule has 0 radical (unpaired) electrons. The average Bonchev–Trinajstić information content (AvgIpc) is 3.57. The summed E-state index contributed by atoms with van der Waals surface area (Å²) in [6.07, 6.45) is 3.80. The molecule has 2 aromatic carbocycles. The number of nitrogens with one attached hydrogen (secondary N) is 1. The first-order chi connectivity index (χ1) is 18.9. The lowest BCUT2D eigenvalue weighted by Gasteiger charge is -2.31. The van der Waals surface area contributed by atoms with Gasteiger partial charge in [0.15, 0.2) is 5.13 Å². The summed E-state index contributed by atoms with van der Waals surface area (Å²) in [5, 5.41) is 20.2. The smallest absolute Gasteiger partial charge is 0.414 e. The molecule has 2 aromatic heterocycles. The molecule has 1 fully saturated rings. The van der Waals surface area contributed by atoms with Crippen LogP contribution in [-0.4, -0.2) is 67.1 Å². The number of anilines is 1.